The van der Waals surface area contributed by atoms with Crippen LogP contribution in [-0.4, -0.2) is 50.5 Å². The van der Waals surface area contributed by atoms with Gasteiger partial charge in [-0.05, 0) is 42.0 Å². The predicted molar refractivity (Wildman–Crippen MR) is 151 cm³/mol. The number of aliphatic hydroxyl groups is 1. The SMILES string of the molecule is CC(C)CC(C)(C)C(Nc1cc(F)cc(F)c1)c1cc(C(=O)NCCO)cc2c(=O)cc(N3CCOCC3)oc12. The Balaban J connectivity index is 1.97. The molecule has 1 saturated heterocycles. The van der Waals surface area contributed by atoms with Crippen LogP contribution in [-0.2, 0) is 4.74 Å². The lowest BCUT2D eigenvalue weighted by atomic mass is 9.74. The number of ether oxygens (including phenoxy) is 1. The largest absolute Gasteiger partial charge is 0.440 e. The van der Waals surface area contributed by atoms with Gasteiger partial charge in [0.05, 0.1) is 31.2 Å². The summed E-state index contributed by atoms with van der Waals surface area (Å²) < 4.78 is 40.3. The molecule has 216 valence electrons. The Morgan fingerprint density at radius 1 is 1.07 bits per heavy atom. The van der Waals surface area contributed by atoms with Gasteiger partial charge in [-0.25, -0.2) is 8.78 Å². The maximum atomic E-state index is 14.2. The molecule has 0 aliphatic carbocycles. The number of hydrogen-bond donors (Lipinski definition) is 3. The fraction of sp³-hybridized carbons (Fsp3) is 0.467. The van der Waals surface area contributed by atoms with Crippen molar-refractivity contribution in [1.29, 1.82) is 0 Å². The summed E-state index contributed by atoms with van der Waals surface area (Å²) in [6, 6.07) is 7.14. The van der Waals surface area contributed by atoms with Gasteiger partial charge in [0.1, 0.15) is 17.2 Å². The first-order chi connectivity index (χ1) is 19.0. The van der Waals surface area contributed by atoms with E-state index in [-0.39, 0.29) is 41.1 Å². The second kappa shape index (κ2) is 12.3. The van der Waals surface area contributed by atoms with E-state index in [1.165, 1.54) is 24.3 Å². The Hall–Kier alpha value is -3.50. The number of aliphatic hydroxyl groups excluding tert-OH is 1. The molecule has 1 unspecified atom stereocenters. The highest BCUT2D eigenvalue weighted by Gasteiger charge is 2.35. The van der Waals surface area contributed by atoms with Gasteiger partial charge >= 0.3 is 0 Å². The van der Waals surface area contributed by atoms with Crippen LogP contribution in [0.1, 0.15) is 56.1 Å². The maximum absolute atomic E-state index is 14.2. The number of nitrogens with one attached hydrogen (secondary N) is 2. The molecule has 0 saturated carbocycles. The number of amides is 1. The Morgan fingerprint density at radius 3 is 2.38 bits per heavy atom. The van der Waals surface area contributed by atoms with Crippen LogP contribution in [0.2, 0.25) is 0 Å². The van der Waals surface area contributed by atoms with Crippen molar-refractivity contribution < 1.29 is 27.8 Å². The molecule has 1 aliphatic heterocycles. The Bertz CT molecular complexity index is 1400. The summed E-state index contributed by atoms with van der Waals surface area (Å²) in [4.78, 5) is 28.4. The number of nitrogens with zero attached hydrogens (tertiary/aromatic N) is 1. The summed E-state index contributed by atoms with van der Waals surface area (Å²) in [7, 11) is 0. The van der Waals surface area contributed by atoms with E-state index in [1.807, 2.05) is 18.7 Å². The molecule has 2 heterocycles. The van der Waals surface area contributed by atoms with Crippen LogP contribution in [0, 0.1) is 23.0 Å². The maximum Gasteiger partial charge on any atom is 0.251 e. The van der Waals surface area contributed by atoms with Gasteiger partial charge in [0.2, 0.25) is 0 Å². The third-order valence-corrected chi connectivity index (χ3v) is 7.03. The second-order valence-corrected chi connectivity index (χ2v) is 11.3. The van der Waals surface area contributed by atoms with Crippen LogP contribution in [0.5, 0.6) is 0 Å². The number of rotatable bonds is 10. The molecule has 1 amide bonds. The molecule has 0 spiro atoms. The molecule has 1 aromatic heterocycles. The number of morpholine rings is 1. The van der Waals surface area contributed by atoms with Crippen LogP contribution >= 0.6 is 0 Å². The molecular weight excluding hydrogens is 520 g/mol. The van der Waals surface area contributed by atoms with Crippen molar-refractivity contribution in [1.82, 2.24) is 5.32 Å². The normalized spacial score (nSPS) is 14.9. The van der Waals surface area contributed by atoms with Crippen LogP contribution in [0.4, 0.5) is 20.4 Å². The van der Waals surface area contributed by atoms with Gasteiger partial charge in [0.15, 0.2) is 11.3 Å². The van der Waals surface area contributed by atoms with Crippen LogP contribution < -0.4 is 21.0 Å². The van der Waals surface area contributed by atoms with E-state index in [0.29, 0.717) is 49.8 Å². The van der Waals surface area contributed by atoms with Crippen molar-refractivity contribution in [2.24, 2.45) is 11.3 Å². The first-order valence-electron chi connectivity index (χ1n) is 13.5. The Kier molecular flexibility index (Phi) is 9.10. The van der Waals surface area contributed by atoms with Gasteiger partial charge in [-0.2, -0.15) is 0 Å². The molecule has 1 aliphatic rings. The monoisotopic (exact) mass is 557 g/mol. The molecule has 40 heavy (non-hydrogen) atoms. The minimum Gasteiger partial charge on any atom is -0.440 e. The zero-order valence-corrected chi connectivity index (χ0v) is 23.4. The van der Waals surface area contributed by atoms with Gasteiger partial charge in [-0.1, -0.05) is 27.7 Å². The number of anilines is 2. The molecule has 3 aromatic rings. The van der Waals surface area contributed by atoms with Gasteiger partial charge in [-0.15, -0.1) is 0 Å². The van der Waals surface area contributed by atoms with E-state index in [9.17, 15) is 23.5 Å². The average molecular weight is 558 g/mol. The van der Waals surface area contributed by atoms with E-state index >= 15 is 0 Å². The van der Waals surface area contributed by atoms with E-state index in [4.69, 9.17) is 9.15 Å². The zero-order valence-electron chi connectivity index (χ0n) is 23.4. The van der Waals surface area contributed by atoms with Crippen molar-refractivity contribution in [3.05, 3.63) is 69.4 Å². The summed E-state index contributed by atoms with van der Waals surface area (Å²) in [5.41, 5.74) is 0.373. The van der Waals surface area contributed by atoms with Gasteiger partial charge < -0.3 is 29.8 Å². The lowest BCUT2D eigenvalue weighted by Crippen LogP contribution is -2.36. The molecule has 8 nitrogen and oxygen atoms in total. The number of benzene rings is 2. The summed E-state index contributed by atoms with van der Waals surface area (Å²) in [5.74, 6) is -1.28. The third kappa shape index (κ3) is 6.79. The molecule has 4 rings (SSSR count). The predicted octanol–water partition coefficient (Wildman–Crippen LogP) is 4.86. The molecule has 0 bridgehead atoms. The molecule has 2 aromatic carbocycles. The minimum absolute atomic E-state index is 0.0415. The number of carbonyl (C=O) groups excluding carboxylic acids is 1. The highest BCUT2D eigenvalue weighted by Crippen LogP contribution is 2.44. The van der Waals surface area contributed by atoms with E-state index < -0.39 is 29.0 Å². The lowest BCUT2D eigenvalue weighted by molar-refractivity contribution is 0.0944. The quantitative estimate of drug-likeness (QED) is 0.327. The van der Waals surface area contributed by atoms with Crippen molar-refractivity contribution in [3.8, 4) is 0 Å². The summed E-state index contributed by atoms with van der Waals surface area (Å²) in [5, 5.41) is 15.3. The number of halogens is 2. The standard InChI is InChI=1S/C30H37F2N3O5/c1-18(2)17-30(3,4)28(34-22-14-20(31)13-21(32)15-22)24-12-19(29(38)33-5-8-36)11-23-25(37)16-26(40-27(23)24)35-6-9-39-10-7-35/h11-16,18,28,34,36H,5-10,17H2,1-4H3,(H,33,38). The van der Waals surface area contributed by atoms with Gasteiger partial charge in [0, 0.05) is 48.6 Å². The van der Waals surface area contributed by atoms with E-state index in [1.54, 1.807) is 6.07 Å². The summed E-state index contributed by atoms with van der Waals surface area (Å²) in [6.07, 6.45) is 0.707. The highest BCUT2D eigenvalue weighted by molar-refractivity contribution is 5.99. The summed E-state index contributed by atoms with van der Waals surface area (Å²) >= 11 is 0. The Morgan fingerprint density at radius 2 is 1.75 bits per heavy atom. The molecule has 1 atom stereocenters. The first kappa shape index (κ1) is 29.5. The molecular formula is C30H37F2N3O5. The average Bonchev–Trinajstić information content (AvgIpc) is 2.89. The molecule has 1 fully saturated rings. The van der Waals surface area contributed by atoms with E-state index in [2.05, 4.69) is 24.5 Å². The summed E-state index contributed by atoms with van der Waals surface area (Å²) in [6.45, 7) is 10.1. The molecule has 10 heteroatoms. The molecule has 3 N–H and O–H groups in total. The zero-order chi connectivity index (χ0) is 29.0. The lowest BCUT2D eigenvalue weighted by Gasteiger charge is -2.38. The van der Waals surface area contributed by atoms with Crippen molar-refractivity contribution in [2.45, 2.75) is 40.2 Å². The van der Waals surface area contributed by atoms with Crippen molar-refractivity contribution >= 4 is 28.4 Å². The molecule has 0 radical (unpaired) electrons. The van der Waals surface area contributed by atoms with Gasteiger partial charge in [-0.3, -0.25) is 9.59 Å². The van der Waals surface area contributed by atoms with Crippen LogP contribution in [0.25, 0.3) is 11.0 Å². The third-order valence-electron chi connectivity index (χ3n) is 7.03. The Labute approximate surface area is 232 Å². The highest BCUT2D eigenvalue weighted by atomic mass is 19.1. The van der Waals surface area contributed by atoms with Crippen LogP contribution in [0.3, 0.4) is 0 Å². The fourth-order valence-corrected chi connectivity index (χ4v) is 5.50. The topological polar surface area (TPSA) is 104 Å². The van der Waals surface area contributed by atoms with Crippen molar-refractivity contribution in [3.63, 3.8) is 0 Å². The smallest absolute Gasteiger partial charge is 0.251 e. The number of hydrogen-bond acceptors (Lipinski definition) is 7. The number of carbonyl (C=O) groups is 1. The van der Waals surface area contributed by atoms with E-state index in [0.717, 1.165) is 6.07 Å². The van der Waals surface area contributed by atoms with Crippen molar-refractivity contribution in [2.75, 3.05) is 49.7 Å². The second-order valence-electron chi connectivity index (χ2n) is 11.3. The van der Waals surface area contributed by atoms with Gasteiger partial charge in [0.25, 0.3) is 5.91 Å². The fourth-order valence-electron chi connectivity index (χ4n) is 5.50. The van der Waals surface area contributed by atoms with Crippen LogP contribution in [0.15, 0.2) is 45.6 Å². The first-order valence-corrected chi connectivity index (χ1v) is 13.5. The number of fused-ring (bicyclic) bond motifs is 1. The minimum atomic E-state index is -0.731.